The van der Waals surface area contributed by atoms with E-state index in [0.29, 0.717) is 17.1 Å². The molecule has 9 heteroatoms. The van der Waals surface area contributed by atoms with E-state index >= 15 is 0 Å². The highest BCUT2D eigenvalue weighted by molar-refractivity contribution is 7.86. The van der Waals surface area contributed by atoms with E-state index in [4.69, 9.17) is 13.9 Å². The third-order valence-corrected chi connectivity index (χ3v) is 6.47. The third kappa shape index (κ3) is 4.15. The molecule has 0 saturated carbocycles. The first kappa shape index (κ1) is 20.9. The number of likely N-dealkylation sites (N-methyl/N-ethyl adjacent to an activating group) is 1. The lowest BCUT2D eigenvalue weighted by molar-refractivity contribution is -0.139. The number of esters is 1. The second-order valence-electron chi connectivity index (χ2n) is 6.32. The smallest absolute Gasteiger partial charge is 0.337 e. The zero-order chi connectivity index (χ0) is 21.0. The molecule has 0 aliphatic carbocycles. The van der Waals surface area contributed by atoms with Crippen molar-refractivity contribution in [2.45, 2.75) is 26.4 Å². The average molecular weight is 420 g/mol. The predicted molar refractivity (Wildman–Crippen MR) is 106 cm³/mol. The first-order chi connectivity index (χ1) is 13.9. The number of ether oxygens (including phenoxy) is 2. The number of furan rings is 1. The molecule has 0 N–H and O–H groups in total. The molecule has 1 aromatic carbocycles. The Labute approximate surface area is 170 Å². The van der Waals surface area contributed by atoms with Gasteiger partial charge in [-0.2, -0.15) is 12.7 Å². The molecule has 0 saturated heterocycles. The minimum absolute atomic E-state index is 0.0282. The largest absolute Gasteiger partial charge is 0.497 e. The van der Waals surface area contributed by atoms with Crippen molar-refractivity contribution in [1.29, 1.82) is 0 Å². The summed E-state index contributed by atoms with van der Waals surface area (Å²) in [7, 11) is -2.38. The van der Waals surface area contributed by atoms with Crippen LogP contribution in [0, 0.1) is 0 Å². The van der Waals surface area contributed by atoms with Gasteiger partial charge in [-0.15, -0.1) is 0 Å². The standard InChI is InChI=1S/C20H24N2O6S/c1-4-22-19(15-8-6-9-16(12-15)26-3)18(20(23)27-5-2)14-21(29(22,24)25)13-17-10-7-11-28-17/h6-12,14,19H,4-5,13H2,1-3H3. The van der Waals surface area contributed by atoms with Crippen LogP contribution in [0.15, 0.2) is 58.9 Å². The van der Waals surface area contributed by atoms with Gasteiger partial charge in [0.2, 0.25) is 0 Å². The van der Waals surface area contributed by atoms with E-state index < -0.39 is 22.2 Å². The van der Waals surface area contributed by atoms with E-state index in [1.807, 2.05) is 0 Å². The first-order valence-corrected chi connectivity index (χ1v) is 10.7. The van der Waals surface area contributed by atoms with Gasteiger partial charge in [0.1, 0.15) is 11.5 Å². The number of methoxy groups -OCH3 is 1. The molecular formula is C20H24N2O6S. The number of rotatable bonds is 7. The molecule has 156 valence electrons. The lowest BCUT2D eigenvalue weighted by Gasteiger charge is -2.39. The van der Waals surface area contributed by atoms with E-state index in [-0.39, 0.29) is 25.3 Å². The fraction of sp³-hybridized carbons (Fsp3) is 0.350. The number of hydrogen-bond donors (Lipinski definition) is 0. The van der Waals surface area contributed by atoms with E-state index in [0.717, 1.165) is 4.31 Å². The van der Waals surface area contributed by atoms with Crippen LogP contribution in [0.4, 0.5) is 0 Å². The van der Waals surface area contributed by atoms with Crippen LogP contribution in [0.3, 0.4) is 0 Å². The van der Waals surface area contributed by atoms with Crippen LogP contribution in [-0.2, 0) is 26.3 Å². The Morgan fingerprint density at radius 2 is 2.00 bits per heavy atom. The topological polar surface area (TPSA) is 89.3 Å². The molecule has 1 aliphatic rings. The van der Waals surface area contributed by atoms with Crippen LogP contribution < -0.4 is 4.74 Å². The SMILES string of the molecule is CCOC(=O)C1=CN(Cc2ccco2)S(=O)(=O)N(CC)C1c1cccc(OC)c1. The van der Waals surface area contributed by atoms with Gasteiger partial charge in [-0.3, -0.25) is 4.31 Å². The highest BCUT2D eigenvalue weighted by Gasteiger charge is 2.43. The third-order valence-electron chi connectivity index (χ3n) is 4.58. The molecule has 1 unspecified atom stereocenters. The van der Waals surface area contributed by atoms with Crippen molar-refractivity contribution >= 4 is 16.2 Å². The van der Waals surface area contributed by atoms with Gasteiger partial charge in [0.05, 0.1) is 38.1 Å². The van der Waals surface area contributed by atoms with Crippen molar-refractivity contribution in [2.75, 3.05) is 20.3 Å². The molecular weight excluding hydrogens is 396 g/mol. The van der Waals surface area contributed by atoms with Gasteiger partial charge in [-0.05, 0) is 36.8 Å². The van der Waals surface area contributed by atoms with E-state index in [2.05, 4.69) is 0 Å². The maximum atomic E-state index is 13.3. The second kappa shape index (κ2) is 8.71. The molecule has 0 spiro atoms. The molecule has 8 nitrogen and oxygen atoms in total. The molecule has 29 heavy (non-hydrogen) atoms. The number of carbonyl (C=O) groups excluding carboxylic acids is 1. The quantitative estimate of drug-likeness (QED) is 0.640. The van der Waals surface area contributed by atoms with E-state index in [9.17, 15) is 13.2 Å². The Kier molecular flexibility index (Phi) is 6.29. The minimum atomic E-state index is -3.91. The number of carbonyl (C=O) groups is 1. The summed E-state index contributed by atoms with van der Waals surface area (Å²) >= 11 is 0. The maximum Gasteiger partial charge on any atom is 0.337 e. The van der Waals surface area contributed by atoms with E-state index in [1.54, 1.807) is 50.2 Å². The van der Waals surface area contributed by atoms with Crippen molar-refractivity contribution in [3.8, 4) is 5.75 Å². The van der Waals surface area contributed by atoms with Crippen LogP contribution >= 0.6 is 0 Å². The van der Waals surface area contributed by atoms with Crippen molar-refractivity contribution in [2.24, 2.45) is 0 Å². The second-order valence-corrected chi connectivity index (χ2v) is 8.15. The minimum Gasteiger partial charge on any atom is -0.497 e. The van der Waals surface area contributed by atoms with Gasteiger partial charge >= 0.3 is 16.2 Å². The summed E-state index contributed by atoms with van der Waals surface area (Å²) in [5.74, 6) is 0.458. The molecule has 0 fully saturated rings. The zero-order valence-electron chi connectivity index (χ0n) is 16.6. The molecule has 1 aliphatic heterocycles. The highest BCUT2D eigenvalue weighted by Crippen LogP contribution is 2.38. The first-order valence-electron chi connectivity index (χ1n) is 9.26. The Balaban J connectivity index is 2.14. The van der Waals surface area contributed by atoms with Gasteiger partial charge < -0.3 is 13.9 Å². The Bertz CT molecular complexity index is 984. The summed E-state index contributed by atoms with van der Waals surface area (Å²) in [4.78, 5) is 12.8. The fourth-order valence-electron chi connectivity index (χ4n) is 3.28. The van der Waals surface area contributed by atoms with Crippen LogP contribution in [0.1, 0.15) is 31.2 Å². The Hall–Kier alpha value is -2.78. The monoisotopic (exact) mass is 420 g/mol. The Morgan fingerprint density at radius 3 is 2.62 bits per heavy atom. The van der Waals surface area contributed by atoms with Crippen LogP contribution in [0.2, 0.25) is 0 Å². The predicted octanol–water partition coefficient (Wildman–Crippen LogP) is 2.86. The molecule has 0 bridgehead atoms. The summed E-state index contributed by atoms with van der Waals surface area (Å²) in [6.45, 7) is 3.74. The molecule has 2 heterocycles. The van der Waals surface area contributed by atoms with Crippen LogP contribution in [0.25, 0.3) is 0 Å². The summed E-state index contributed by atoms with van der Waals surface area (Å²) in [6.07, 6.45) is 2.81. The van der Waals surface area contributed by atoms with Gasteiger partial charge in [0.15, 0.2) is 0 Å². The Morgan fingerprint density at radius 1 is 1.21 bits per heavy atom. The summed E-state index contributed by atoms with van der Waals surface area (Å²) in [5, 5.41) is 0. The van der Waals surface area contributed by atoms with Crippen LogP contribution in [0.5, 0.6) is 5.75 Å². The van der Waals surface area contributed by atoms with Crippen molar-refractivity contribution in [3.63, 3.8) is 0 Å². The lowest BCUT2D eigenvalue weighted by atomic mass is 9.98. The molecule has 0 amide bonds. The average Bonchev–Trinajstić information content (AvgIpc) is 3.22. The van der Waals surface area contributed by atoms with Gasteiger partial charge in [-0.1, -0.05) is 19.1 Å². The lowest BCUT2D eigenvalue weighted by Crippen LogP contribution is -2.48. The molecule has 1 aromatic heterocycles. The number of nitrogens with zero attached hydrogens (tertiary/aromatic N) is 2. The van der Waals surface area contributed by atoms with Crippen molar-refractivity contribution < 1.29 is 27.1 Å². The van der Waals surface area contributed by atoms with Crippen LogP contribution in [-0.4, -0.2) is 43.3 Å². The van der Waals surface area contributed by atoms with Gasteiger partial charge in [-0.25, -0.2) is 4.79 Å². The summed E-state index contributed by atoms with van der Waals surface area (Å²) in [5.41, 5.74) is 0.843. The molecule has 0 radical (unpaired) electrons. The van der Waals surface area contributed by atoms with Gasteiger partial charge in [0.25, 0.3) is 0 Å². The highest BCUT2D eigenvalue weighted by atomic mass is 32.2. The fourth-order valence-corrected chi connectivity index (χ4v) is 4.92. The van der Waals surface area contributed by atoms with Crippen molar-refractivity contribution in [3.05, 3.63) is 65.8 Å². The van der Waals surface area contributed by atoms with Gasteiger partial charge in [0, 0.05) is 12.7 Å². The number of hydrogen-bond acceptors (Lipinski definition) is 6. The zero-order valence-corrected chi connectivity index (χ0v) is 17.4. The normalized spacial score (nSPS) is 18.9. The number of benzene rings is 1. The maximum absolute atomic E-state index is 13.3. The van der Waals surface area contributed by atoms with E-state index in [1.165, 1.54) is 23.9 Å². The molecule has 1 atom stereocenters. The van der Waals surface area contributed by atoms with Crippen molar-refractivity contribution in [1.82, 2.24) is 8.61 Å². The summed E-state index contributed by atoms with van der Waals surface area (Å²) < 4.78 is 44.8. The molecule has 2 aromatic rings. The summed E-state index contributed by atoms with van der Waals surface area (Å²) in [6, 6.07) is 9.53. The molecule has 3 rings (SSSR count).